The SMILES string of the molecule is CCCN(C(N)=O)C1CCN(Cc2ccccc2)CC1. The first-order chi connectivity index (χ1) is 9.70. The first-order valence-corrected chi connectivity index (χ1v) is 7.53. The molecule has 1 aromatic carbocycles. The summed E-state index contributed by atoms with van der Waals surface area (Å²) in [5.41, 5.74) is 6.84. The van der Waals surface area contributed by atoms with Crippen LogP contribution in [0.25, 0.3) is 0 Å². The fourth-order valence-electron chi connectivity index (χ4n) is 2.94. The number of nitrogens with zero attached hydrogens (tertiary/aromatic N) is 2. The van der Waals surface area contributed by atoms with Crippen LogP contribution in [0, 0.1) is 0 Å². The van der Waals surface area contributed by atoms with Crippen LogP contribution in [-0.4, -0.2) is 41.5 Å². The summed E-state index contributed by atoms with van der Waals surface area (Å²) < 4.78 is 0. The quantitative estimate of drug-likeness (QED) is 0.897. The molecule has 1 fully saturated rings. The minimum Gasteiger partial charge on any atom is -0.351 e. The molecule has 2 N–H and O–H groups in total. The summed E-state index contributed by atoms with van der Waals surface area (Å²) in [5.74, 6) is 0. The van der Waals surface area contributed by atoms with E-state index in [9.17, 15) is 4.79 Å². The van der Waals surface area contributed by atoms with Gasteiger partial charge in [0.1, 0.15) is 0 Å². The molecular formula is C16H25N3O. The van der Waals surface area contributed by atoms with Crippen LogP contribution < -0.4 is 5.73 Å². The van der Waals surface area contributed by atoms with E-state index < -0.39 is 0 Å². The van der Waals surface area contributed by atoms with Gasteiger partial charge in [0.15, 0.2) is 0 Å². The molecule has 1 aromatic rings. The lowest BCUT2D eigenvalue weighted by molar-refractivity contribution is 0.121. The second-order valence-corrected chi connectivity index (χ2v) is 5.52. The molecule has 0 unspecified atom stereocenters. The lowest BCUT2D eigenvalue weighted by Gasteiger charge is -2.37. The molecule has 1 aliphatic heterocycles. The summed E-state index contributed by atoms with van der Waals surface area (Å²) in [6.45, 7) is 5.93. The van der Waals surface area contributed by atoms with Gasteiger partial charge in [-0.3, -0.25) is 4.90 Å². The lowest BCUT2D eigenvalue weighted by atomic mass is 10.0. The number of benzene rings is 1. The Labute approximate surface area is 121 Å². The highest BCUT2D eigenvalue weighted by Gasteiger charge is 2.26. The van der Waals surface area contributed by atoms with Crippen molar-refractivity contribution < 1.29 is 4.79 Å². The van der Waals surface area contributed by atoms with Crippen LogP contribution in [0.4, 0.5) is 4.79 Å². The number of primary amides is 1. The van der Waals surface area contributed by atoms with E-state index in [1.54, 1.807) is 0 Å². The van der Waals surface area contributed by atoms with E-state index in [1.807, 2.05) is 11.0 Å². The number of nitrogens with two attached hydrogens (primary N) is 1. The molecule has 2 amide bonds. The van der Waals surface area contributed by atoms with Crippen molar-refractivity contribution in [3.05, 3.63) is 35.9 Å². The number of carbonyl (C=O) groups excluding carboxylic acids is 1. The standard InChI is InChI=1S/C16H25N3O/c1-2-10-19(16(17)20)15-8-11-18(12-9-15)13-14-6-4-3-5-7-14/h3-7,15H,2,8-13H2,1H3,(H2,17,20). The van der Waals surface area contributed by atoms with Gasteiger partial charge in [0.05, 0.1) is 0 Å². The zero-order valence-corrected chi connectivity index (χ0v) is 12.3. The molecule has 4 nitrogen and oxygen atoms in total. The number of urea groups is 1. The minimum absolute atomic E-state index is 0.270. The summed E-state index contributed by atoms with van der Waals surface area (Å²) in [7, 11) is 0. The normalized spacial score (nSPS) is 17.1. The van der Waals surface area contributed by atoms with Gasteiger partial charge in [0.2, 0.25) is 0 Å². The summed E-state index contributed by atoms with van der Waals surface area (Å²) in [6, 6.07) is 10.6. The molecule has 2 rings (SSSR count). The fraction of sp³-hybridized carbons (Fsp3) is 0.562. The Morgan fingerprint density at radius 1 is 1.30 bits per heavy atom. The van der Waals surface area contributed by atoms with Crippen molar-refractivity contribution >= 4 is 6.03 Å². The van der Waals surface area contributed by atoms with E-state index in [0.29, 0.717) is 6.04 Å². The van der Waals surface area contributed by atoms with E-state index >= 15 is 0 Å². The fourth-order valence-corrected chi connectivity index (χ4v) is 2.94. The summed E-state index contributed by atoms with van der Waals surface area (Å²) in [6.07, 6.45) is 3.01. The highest BCUT2D eigenvalue weighted by Crippen LogP contribution is 2.18. The highest BCUT2D eigenvalue weighted by atomic mass is 16.2. The second-order valence-electron chi connectivity index (χ2n) is 5.52. The molecular weight excluding hydrogens is 250 g/mol. The van der Waals surface area contributed by atoms with Gasteiger partial charge in [-0.1, -0.05) is 37.3 Å². The van der Waals surface area contributed by atoms with Crippen LogP contribution in [-0.2, 0) is 6.54 Å². The molecule has 0 aromatic heterocycles. The van der Waals surface area contributed by atoms with Crippen LogP contribution in [0.1, 0.15) is 31.7 Å². The Balaban J connectivity index is 1.84. The maximum absolute atomic E-state index is 11.5. The van der Waals surface area contributed by atoms with Gasteiger partial charge in [-0.25, -0.2) is 4.79 Å². The number of piperidine rings is 1. The summed E-state index contributed by atoms with van der Waals surface area (Å²) in [4.78, 5) is 15.8. The van der Waals surface area contributed by atoms with Crippen molar-refractivity contribution in [2.45, 2.75) is 38.8 Å². The third-order valence-corrected chi connectivity index (χ3v) is 3.99. The number of rotatable bonds is 5. The Hall–Kier alpha value is -1.55. The van der Waals surface area contributed by atoms with Gasteiger partial charge in [-0.2, -0.15) is 0 Å². The molecule has 1 saturated heterocycles. The lowest BCUT2D eigenvalue weighted by Crippen LogP contribution is -2.49. The number of carbonyl (C=O) groups is 1. The van der Waals surface area contributed by atoms with Crippen molar-refractivity contribution in [1.29, 1.82) is 0 Å². The smallest absolute Gasteiger partial charge is 0.315 e. The monoisotopic (exact) mass is 275 g/mol. The molecule has 0 saturated carbocycles. The Bertz CT molecular complexity index is 413. The Kier molecular flexibility index (Phi) is 5.41. The second kappa shape index (κ2) is 7.29. The van der Waals surface area contributed by atoms with Gasteiger partial charge >= 0.3 is 6.03 Å². The largest absolute Gasteiger partial charge is 0.351 e. The van der Waals surface area contributed by atoms with E-state index in [0.717, 1.165) is 45.4 Å². The van der Waals surface area contributed by atoms with Crippen molar-refractivity contribution in [1.82, 2.24) is 9.80 Å². The maximum Gasteiger partial charge on any atom is 0.315 e. The van der Waals surface area contributed by atoms with E-state index in [4.69, 9.17) is 5.73 Å². The average Bonchev–Trinajstić information content (AvgIpc) is 2.47. The minimum atomic E-state index is -0.270. The predicted octanol–water partition coefficient (Wildman–Crippen LogP) is 2.44. The van der Waals surface area contributed by atoms with E-state index in [-0.39, 0.29) is 6.03 Å². The molecule has 0 atom stereocenters. The van der Waals surface area contributed by atoms with Crippen LogP contribution in [0.3, 0.4) is 0 Å². The first kappa shape index (κ1) is 14.9. The molecule has 1 aliphatic rings. The van der Waals surface area contributed by atoms with Gasteiger partial charge in [-0.05, 0) is 24.8 Å². The number of amides is 2. The maximum atomic E-state index is 11.5. The van der Waals surface area contributed by atoms with Gasteiger partial charge in [-0.15, -0.1) is 0 Å². The summed E-state index contributed by atoms with van der Waals surface area (Å²) >= 11 is 0. The summed E-state index contributed by atoms with van der Waals surface area (Å²) in [5, 5.41) is 0. The third kappa shape index (κ3) is 3.97. The Morgan fingerprint density at radius 2 is 1.95 bits per heavy atom. The predicted molar refractivity (Wildman–Crippen MR) is 81.3 cm³/mol. The highest BCUT2D eigenvalue weighted by molar-refractivity contribution is 5.72. The number of hydrogen-bond donors (Lipinski definition) is 1. The van der Waals surface area contributed by atoms with Gasteiger partial charge in [0.25, 0.3) is 0 Å². The van der Waals surface area contributed by atoms with Crippen molar-refractivity contribution in [3.63, 3.8) is 0 Å². The van der Waals surface area contributed by atoms with E-state index in [2.05, 4.69) is 36.1 Å². The number of hydrogen-bond acceptors (Lipinski definition) is 2. The third-order valence-electron chi connectivity index (χ3n) is 3.99. The molecule has 1 heterocycles. The van der Waals surface area contributed by atoms with Crippen molar-refractivity contribution in [2.75, 3.05) is 19.6 Å². The zero-order chi connectivity index (χ0) is 14.4. The van der Waals surface area contributed by atoms with Gasteiger partial charge < -0.3 is 10.6 Å². The van der Waals surface area contributed by atoms with Crippen LogP contribution >= 0.6 is 0 Å². The first-order valence-electron chi connectivity index (χ1n) is 7.53. The zero-order valence-electron chi connectivity index (χ0n) is 12.3. The molecule has 0 aliphatic carbocycles. The van der Waals surface area contributed by atoms with Crippen LogP contribution in [0.5, 0.6) is 0 Å². The topological polar surface area (TPSA) is 49.6 Å². The molecule has 4 heteroatoms. The van der Waals surface area contributed by atoms with Gasteiger partial charge in [0, 0.05) is 32.2 Å². The molecule has 20 heavy (non-hydrogen) atoms. The molecule has 0 bridgehead atoms. The molecule has 0 radical (unpaired) electrons. The average molecular weight is 275 g/mol. The van der Waals surface area contributed by atoms with Crippen molar-refractivity contribution in [2.24, 2.45) is 5.73 Å². The molecule has 0 spiro atoms. The Morgan fingerprint density at radius 3 is 2.50 bits per heavy atom. The number of likely N-dealkylation sites (tertiary alicyclic amines) is 1. The van der Waals surface area contributed by atoms with E-state index in [1.165, 1.54) is 5.56 Å². The molecule has 110 valence electrons. The van der Waals surface area contributed by atoms with Crippen LogP contribution in [0.15, 0.2) is 30.3 Å². The van der Waals surface area contributed by atoms with Crippen LogP contribution in [0.2, 0.25) is 0 Å². The van der Waals surface area contributed by atoms with Crippen molar-refractivity contribution in [3.8, 4) is 0 Å².